The van der Waals surface area contributed by atoms with Gasteiger partial charge in [-0.05, 0) is 55.0 Å². The first-order valence-electron chi connectivity index (χ1n) is 12.3. The number of carboxylic acids is 1. The Morgan fingerprint density at radius 3 is 2.43 bits per heavy atom. The largest absolute Gasteiger partial charge is 0.481 e. The number of aliphatic carboxylic acids is 1. The molecule has 8 nitrogen and oxygen atoms in total. The van der Waals surface area contributed by atoms with Crippen molar-refractivity contribution >= 4 is 45.1 Å². The third-order valence-electron chi connectivity index (χ3n) is 7.36. The number of nitrogens with zero attached hydrogens (tertiary/aromatic N) is 2. The van der Waals surface area contributed by atoms with Gasteiger partial charge in [0.15, 0.2) is 0 Å². The summed E-state index contributed by atoms with van der Waals surface area (Å²) in [6, 6.07) is 7.95. The fourth-order valence-electron chi connectivity index (χ4n) is 5.32. The van der Waals surface area contributed by atoms with Gasteiger partial charge in [-0.3, -0.25) is 14.6 Å². The number of halogens is 2. The fraction of sp³-hybridized carbons (Fsp3) is 0.500. The standard InChI is InChI=1S/C26H31Cl2N3O5S/c1-3-20(15-30-37(35,36)21-8-9-21)31-24(16-4-6-18(27)7-5-16)22(17-10-19(28)14-29-13-17)11-26(2,25(31)34)12-23(32)33/h4-7,10,13-14,20-22,24,30H,3,8-9,11-12,15H2,1-2H3,(H,32,33)/t20?,22-,24-,26-/m1/s1. The van der Waals surface area contributed by atoms with Gasteiger partial charge in [0, 0.05) is 35.9 Å². The van der Waals surface area contributed by atoms with Crippen LogP contribution in [0.5, 0.6) is 0 Å². The number of hydrogen-bond donors (Lipinski definition) is 2. The number of carboxylic acid groups (broad SMARTS) is 1. The molecular weight excluding hydrogens is 537 g/mol. The van der Waals surface area contributed by atoms with Crippen molar-refractivity contribution in [3.63, 3.8) is 0 Å². The summed E-state index contributed by atoms with van der Waals surface area (Å²) in [5.74, 6) is -1.74. The van der Waals surface area contributed by atoms with E-state index in [0.29, 0.717) is 29.3 Å². The van der Waals surface area contributed by atoms with Crippen LogP contribution in [0.3, 0.4) is 0 Å². The van der Waals surface area contributed by atoms with Gasteiger partial charge < -0.3 is 10.0 Å². The lowest BCUT2D eigenvalue weighted by Crippen LogP contribution is -2.58. The van der Waals surface area contributed by atoms with Gasteiger partial charge >= 0.3 is 5.97 Å². The van der Waals surface area contributed by atoms with E-state index in [4.69, 9.17) is 23.2 Å². The Morgan fingerprint density at radius 2 is 1.86 bits per heavy atom. The zero-order valence-corrected chi connectivity index (χ0v) is 23.1. The predicted molar refractivity (Wildman–Crippen MR) is 142 cm³/mol. The molecule has 2 aromatic rings. The van der Waals surface area contributed by atoms with E-state index in [-0.39, 0.29) is 31.2 Å². The first kappa shape index (κ1) is 27.8. The smallest absolute Gasteiger partial charge is 0.304 e. The number of benzene rings is 1. The Kier molecular flexibility index (Phi) is 8.19. The van der Waals surface area contributed by atoms with Crippen molar-refractivity contribution < 1.29 is 23.1 Å². The second-order valence-corrected chi connectivity index (χ2v) is 13.2. The number of amides is 1. The summed E-state index contributed by atoms with van der Waals surface area (Å²) in [7, 11) is -3.48. The summed E-state index contributed by atoms with van der Waals surface area (Å²) in [6.45, 7) is 3.59. The van der Waals surface area contributed by atoms with Crippen molar-refractivity contribution in [3.05, 3.63) is 63.9 Å². The second kappa shape index (κ2) is 10.9. The molecule has 1 saturated heterocycles. The average Bonchev–Trinajstić information content (AvgIpc) is 3.68. The van der Waals surface area contributed by atoms with Crippen LogP contribution in [0.2, 0.25) is 10.0 Å². The SMILES string of the molecule is CCC(CNS(=O)(=O)C1CC1)N1C(=O)[C@@](C)(CC(=O)O)C[C@H](c2cncc(Cl)c2)[C@H]1c1ccc(Cl)cc1. The Bertz CT molecular complexity index is 1270. The van der Waals surface area contributed by atoms with Crippen LogP contribution >= 0.6 is 23.2 Å². The summed E-state index contributed by atoms with van der Waals surface area (Å²) in [6.07, 6.45) is 4.83. The molecular formula is C26H31Cl2N3O5S. The topological polar surface area (TPSA) is 117 Å². The number of pyridine rings is 1. The van der Waals surface area contributed by atoms with Gasteiger partial charge in [0.2, 0.25) is 15.9 Å². The number of carbonyl (C=O) groups excluding carboxylic acids is 1. The van der Waals surface area contributed by atoms with Crippen LogP contribution in [0, 0.1) is 5.41 Å². The molecule has 4 rings (SSSR count). The summed E-state index contributed by atoms with van der Waals surface area (Å²) in [4.78, 5) is 32.0. The van der Waals surface area contributed by atoms with Crippen molar-refractivity contribution in [3.8, 4) is 0 Å². The number of piperidine rings is 1. The first-order valence-corrected chi connectivity index (χ1v) is 14.6. The lowest BCUT2D eigenvalue weighted by atomic mass is 9.67. The minimum Gasteiger partial charge on any atom is -0.481 e. The zero-order chi connectivity index (χ0) is 27.0. The van der Waals surface area contributed by atoms with Crippen LogP contribution in [-0.4, -0.2) is 53.1 Å². The molecule has 37 heavy (non-hydrogen) atoms. The van der Waals surface area contributed by atoms with Crippen molar-refractivity contribution in [2.24, 2.45) is 5.41 Å². The lowest BCUT2D eigenvalue weighted by Gasteiger charge is -2.51. The molecule has 0 radical (unpaired) electrons. The van der Waals surface area contributed by atoms with E-state index in [1.54, 1.807) is 36.2 Å². The number of likely N-dealkylation sites (tertiary alicyclic amines) is 1. The summed E-state index contributed by atoms with van der Waals surface area (Å²) < 4.78 is 28.0. The lowest BCUT2D eigenvalue weighted by molar-refractivity contribution is -0.160. The number of aromatic nitrogens is 1. The molecule has 2 fully saturated rings. The van der Waals surface area contributed by atoms with Gasteiger partial charge in [-0.1, -0.05) is 49.2 Å². The van der Waals surface area contributed by atoms with Gasteiger partial charge in [0.25, 0.3) is 0 Å². The fourth-order valence-corrected chi connectivity index (χ4v) is 7.05. The summed E-state index contributed by atoms with van der Waals surface area (Å²) in [5, 5.41) is 10.3. The molecule has 1 unspecified atom stereocenters. The maximum Gasteiger partial charge on any atom is 0.304 e. The molecule has 1 saturated carbocycles. The Hall–Kier alpha value is -2.20. The van der Waals surface area contributed by atoms with Crippen molar-refractivity contribution in [1.82, 2.24) is 14.6 Å². The van der Waals surface area contributed by atoms with Gasteiger partial charge in [0.1, 0.15) is 0 Å². The molecule has 11 heteroatoms. The minimum absolute atomic E-state index is 0.0365. The van der Waals surface area contributed by atoms with Gasteiger partial charge in [-0.2, -0.15) is 0 Å². The molecule has 4 atom stereocenters. The molecule has 1 amide bonds. The highest BCUT2D eigenvalue weighted by Crippen LogP contribution is 2.52. The minimum atomic E-state index is -3.48. The first-order chi connectivity index (χ1) is 17.4. The van der Waals surface area contributed by atoms with Gasteiger partial charge in [0.05, 0.1) is 28.2 Å². The van der Waals surface area contributed by atoms with E-state index in [1.165, 1.54) is 6.20 Å². The second-order valence-electron chi connectivity index (χ2n) is 10.2. The third kappa shape index (κ3) is 6.11. The maximum absolute atomic E-state index is 14.2. The molecule has 2 N–H and O–H groups in total. The molecule has 1 aromatic heterocycles. The van der Waals surface area contributed by atoms with Crippen LogP contribution in [0.15, 0.2) is 42.7 Å². The molecule has 1 aromatic carbocycles. The monoisotopic (exact) mass is 567 g/mol. The maximum atomic E-state index is 14.2. The number of rotatable bonds is 10. The third-order valence-corrected chi connectivity index (χ3v) is 9.73. The Balaban J connectivity index is 1.83. The van der Waals surface area contributed by atoms with Gasteiger partial charge in [-0.25, -0.2) is 13.1 Å². The highest BCUT2D eigenvalue weighted by Gasteiger charge is 2.52. The number of carbonyl (C=O) groups is 2. The van der Waals surface area contributed by atoms with Crippen LogP contribution < -0.4 is 4.72 Å². The molecule has 0 spiro atoms. The van der Waals surface area contributed by atoms with Crippen LogP contribution in [0.25, 0.3) is 0 Å². The normalized spacial score (nSPS) is 25.2. The van der Waals surface area contributed by atoms with E-state index in [0.717, 1.165) is 11.1 Å². The molecule has 1 aliphatic carbocycles. The molecule has 0 bridgehead atoms. The molecule has 2 heterocycles. The highest BCUT2D eigenvalue weighted by molar-refractivity contribution is 7.90. The molecule has 200 valence electrons. The van der Waals surface area contributed by atoms with Crippen molar-refractivity contribution in [2.75, 3.05) is 6.54 Å². The molecule has 2 aliphatic rings. The predicted octanol–water partition coefficient (Wildman–Crippen LogP) is 4.79. The van der Waals surface area contributed by atoms with E-state index in [9.17, 15) is 23.1 Å². The average molecular weight is 569 g/mol. The Labute approximate surface area is 227 Å². The Morgan fingerprint density at radius 1 is 1.19 bits per heavy atom. The summed E-state index contributed by atoms with van der Waals surface area (Å²) >= 11 is 12.5. The molecule has 1 aliphatic heterocycles. The van der Waals surface area contributed by atoms with Crippen molar-refractivity contribution in [2.45, 2.75) is 69.2 Å². The number of nitrogens with one attached hydrogen (secondary N) is 1. The van der Waals surface area contributed by atoms with Crippen LogP contribution in [0.1, 0.15) is 69.0 Å². The zero-order valence-electron chi connectivity index (χ0n) is 20.7. The van der Waals surface area contributed by atoms with E-state index >= 15 is 0 Å². The quantitative estimate of drug-likeness (QED) is 0.426. The summed E-state index contributed by atoms with van der Waals surface area (Å²) in [5.41, 5.74) is 0.364. The number of hydrogen-bond acceptors (Lipinski definition) is 5. The van der Waals surface area contributed by atoms with Crippen LogP contribution in [0.4, 0.5) is 0 Å². The van der Waals surface area contributed by atoms with Gasteiger partial charge in [-0.15, -0.1) is 0 Å². The number of sulfonamides is 1. The van der Waals surface area contributed by atoms with Crippen LogP contribution in [-0.2, 0) is 19.6 Å². The van der Waals surface area contributed by atoms with E-state index in [1.807, 2.05) is 19.1 Å². The van der Waals surface area contributed by atoms with E-state index < -0.39 is 38.7 Å². The van der Waals surface area contributed by atoms with Crippen molar-refractivity contribution in [1.29, 1.82) is 0 Å². The van der Waals surface area contributed by atoms with E-state index in [2.05, 4.69) is 9.71 Å². The highest BCUT2D eigenvalue weighted by atomic mass is 35.5.